The molecule has 274 valence electrons. The van der Waals surface area contributed by atoms with Crippen molar-refractivity contribution in [2.45, 2.75) is 115 Å². The molecule has 2 bridgehead atoms. The third-order valence-corrected chi connectivity index (χ3v) is 13.1. The first-order chi connectivity index (χ1) is 22.9. The molecule has 1 heterocycles. The largest absolute Gasteiger partial charge is 0.481 e. The van der Waals surface area contributed by atoms with Gasteiger partial charge in [-0.3, -0.25) is 18.0 Å². The molecule has 13 atom stereocenters. The standard InChI is InChI=1S/C30H45IO15S2/c1-14(2)9-22(32)40-25-24(42-48-46-44-37)23(41-47-45-43-36)20(13-31)39-28(25)38-17-10-18(27(34)35)19-7-8-30-11-16(15(3)26(30)33)5-6-21(30)29(19,4)12-17/h14,16-21,23-26,28,33,36-37H,3,5-13H2,1-2,4H3,(H,34,35)/t16?,17?,18?,19?,20-,21?,23+,24-,25?,26-,28+,29?,30?/m0/s1/i31-2. The van der Waals surface area contributed by atoms with Gasteiger partial charge < -0.3 is 24.4 Å². The van der Waals surface area contributed by atoms with Gasteiger partial charge in [0.05, 0.1) is 18.1 Å². The van der Waals surface area contributed by atoms with Crippen molar-refractivity contribution in [1.29, 1.82) is 0 Å². The molecule has 0 aromatic rings. The number of aliphatic carboxylic acids is 1. The molecule has 18 heteroatoms. The maximum atomic E-state index is 13.1. The SMILES string of the molecule is C=C1C2CCC3C4(C)CC(O[C@@H]5O[C@@H](C[125I])[C@@H](OSOOO)[C@H](OSOOO)C5OC(=O)CC(C)C)CC(C(=O)O)C4CCC3(C2)[C@H]1O. The Morgan fingerprint density at radius 1 is 1.06 bits per heavy atom. The highest BCUT2D eigenvalue weighted by molar-refractivity contribution is 14.1. The number of halogens is 1. The van der Waals surface area contributed by atoms with Gasteiger partial charge in [-0.25, -0.2) is 10.5 Å². The van der Waals surface area contributed by atoms with Gasteiger partial charge in [-0.2, -0.15) is 0 Å². The lowest BCUT2D eigenvalue weighted by molar-refractivity contribution is -0.436. The zero-order chi connectivity index (χ0) is 34.8. The second-order valence-corrected chi connectivity index (χ2v) is 16.1. The van der Waals surface area contributed by atoms with Crippen LogP contribution in [0.4, 0.5) is 0 Å². The van der Waals surface area contributed by atoms with Gasteiger partial charge in [-0.1, -0.05) is 60.0 Å². The second kappa shape index (κ2) is 16.6. The Kier molecular flexibility index (Phi) is 13.4. The Bertz CT molecular complexity index is 1150. The van der Waals surface area contributed by atoms with Crippen molar-refractivity contribution in [1.82, 2.24) is 0 Å². The molecule has 5 aliphatic rings. The molecule has 1 saturated heterocycles. The predicted molar refractivity (Wildman–Crippen MR) is 176 cm³/mol. The number of aliphatic hydroxyl groups excluding tert-OH is 1. The van der Waals surface area contributed by atoms with E-state index in [1.165, 1.54) is 0 Å². The minimum Gasteiger partial charge on any atom is -0.481 e. The number of carboxylic acid groups (broad SMARTS) is 1. The number of aliphatic hydroxyl groups is 1. The van der Waals surface area contributed by atoms with E-state index in [2.05, 4.69) is 54.8 Å². The zero-order valence-electron chi connectivity index (χ0n) is 27.0. The zero-order valence-corrected chi connectivity index (χ0v) is 30.8. The molecule has 4 saturated carbocycles. The molecule has 1 spiro atoms. The van der Waals surface area contributed by atoms with E-state index in [-0.39, 0.29) is 66.6 Å². The van der Waals surface area contributed by atoms with E-state index in [9.17, 15) is 19.8 Å². The molecule has 5 rings (SSSR count). The summed E-state index contributed by atoms with van der Waals surface area (Å²) in [6, 6.07) is 0. The molecule has 4 aliphatic carbocycles. The number of esters is 1. The third kappa shape index (κ3) is 7.72. The smallest absolute Gasteiger partial charge is 0.306 e. The number of ether oxygens (including phenoxy) is 3. The van der Waals surface area contributed by atoms with Gasteiger partial charge in [0.2, 0.25) is 0 Å². The summed E-state index contributed by atoms with van der Waals surface area (Å²) in [7, 11) is 0. The normalized spacial score (nSPS) is 42.3. The molecular formula is C30H45IO15S2. The summed E-state index contributed by atoms with van der Waals surface area (Å²) < 4.78 is 39.6. The fraction of sp³-hybridized carbons (Fsp3) is 0.867. The van der Waals surface area contributed by atoms with Gasteiger partial charge in [0.15, 0.2) is 37.0 Å². The Labute approximate surface area is 301 Å². The third-order valence-electron chi connectivity index (χ3n) is 11.4. The first-order valence-corrected chi connectivity index (χ1v) is 19.0. The highest BCUT2D eigenvalue weighted by Gasteiger charge is 2.67. The Hall–Kier alpha value is -0.330. The van der Waals surface area contributed by atoms with Gasteiger partial charge in [0, 0.05) is 16.3 Å². The number of fused-ring (bicyclic) bond motifs is 3. The summed E-state index contributed by atoms with van der Waals surface area (Å²) in [6.07, 6.45) is -1.81. The molecule has 8 unspecified atom stereocenters. The molecule has 1 aliphatic heterocycles. The minimum atomic E-state index is -1.27. The van der Waals surface area contributed by atoms with Crippen LogP contribution in [0.3, 0.4) is 0 Å². The molecule has 0 amide bonds. The Balaban J connectivity index is 1.46. The van der Waals surface area contributed by atoms with Crippen molar-refractivity contribution in [3.05, 3.63) is 12.2 Å². The van der Waals surface area contributed by atoms with E-state index >= 15 is 0 Å². The van der Waals surface area contributed by atoms with E-state index in [1.54, 1.807) is 0 Å². The first-order valence-electron chi connectivity index (χ1n) is 16.2. The number of rotatable bonds is 15. The van der Waals surface area contributed by atoms with Crippen LogP contribution in [0, 0.1) is 40.4 Å². The number of carbonyl (C=O) groups is 2. The predicted octanol–water partition coefficient (Wildman–Crippen LogP) is 5.47. The van der Waals surface area contributed by atoms with Crippen molar-refractivity contribution in [3.8, 4) is 0 Å². The monoisotopic (exact) mass is 834 g/mol. The van der Waals surface area contributed by atoms with Crippen LogP contribution >= 0.6 is 47.2 Å². The summed E-state index contributed by atoms with van der Waals surface area (Å²) in [4.78, 5) is 25.9. The lowest BCUT2D eigenvalue weighted by Gasteiger charge is -2.62. The van der Waals surface area contributed by atoms with Crippen molar-refractivity contribution < 1.29 is 71.6 Å². The second-order valence-electron chi connectivity index (χ2n) is 14.3. The van der Waals surface area contributed by atoms with Crippen LogP contribution < -0.4 is 0 Å². The molecule has 0 aromatic heterocycles. The van der Waals surface area contributed by atoms with Crippen molar-refractivity contribution in [2.24, 2.45) is 40.4 Å². The van der Waals surface area contributed by atoms with E-state index in [4.69, 9.17) is 33.1 Å². The molecule has 4 N–H and O–H groups in total. The van der Waals surface area contributed by atoms with Crippen molar-refractivity contribution >= 4 is 59.2 Å². The lowest BCUT2D eigenvalue weighted by atomic mass is 9.43. The number of hydrogen-bond donors (Lipinski definition) is 4. The molecule has 0 radical (unpaired) electrons. The number of carbonyl (C=O) groups excluding carboxylic acids is 1. The van der Waals surface area contributed by atoms with Gasteiger partial charge >= 0.3 is 11.9 Å². The number of alkyl halides is 1. The highest BCUT2D eigenvalue weighted by Crippen LogP contribution is 2.70. The number of carboxylic acids is 1. The van der Waals surface area contributed by atoms with Crippen LogP contribution in [0.2, 0.25) is 0 Å². The average molecular weight is 835 g/mol. The highest BCUT2D eigenvalue weighted by atomic mass is 125. The van der Waals surface area contributed by atoms with Gasteiger partial charge in [-0.05, 0) is 79.6 Å². The fourth-order valence-electron chi connectivity index (χ4n) is 9.67. The maximum Gasteiger partial charge on any atom is 0.306 e. The van der Waals surface area contributed by atoms with E-state index in [1.807, 2.05) is 13.8 Å². The molecule has 0 aromatic carbocycles. The van der Waals surface area contributed by atoms with Crippen LogP contribution in [0.5, 0.6) is 0 Å². The summed E-state index contributed by atoms with van der Waals surface area (Å²) in [5.41, 5.74) is 0.0886. The Morgan fingerprint density at radius 2 is 1.75 bits per heavy atom. The van der Waals surface area contributed by atoms with E-state index in [0.29, 0.717) is 17.3 Å². The van der Waals surface area contributed by atoms with E-state index in [0.717, 1.165) is 31.3 Å². The maximum absolute atomic E-state index is 13.1. The van der Waals surface area contributed by atoms with Crippen LogP contribution in [0.15, 0.2) is 12.2 Å². The average Bonchev–Trinajstić information content (AvgIpc) is 3.21. The van der Waals surface area contributed by atoms with Crippen molar-refractivity contribution in [2.75, 3.05) is 4.43 Å². The van der Waals surface area contributed by atoms with Gasteiger partial charge in [0.1, 0.15) is 18.3 Å². The summed E-state index contributed by atoms with van der Waals surface area (Å²) in [6.45, 7) is 10.1. The van der Waals surface area contributed by atoms with E-state index < -0.39 is 66.2 Å². The molecular weight excluding hydrogens is 789 g/mol. The van der Waals surface area contributed by atoms with Crippen molar-refractivity contribution in [3.63, 3.8) is 0 Å². The van der Waals surface area contributed by atoms with Crippen LogP contribution in [-0.2, 0) is 50.9 Å². The van der Waals surface area contributed by atoms with Gasteiger partial charge in [-0.15, -0.1) is 8.67 Å². The Morgan fingerprint density at radius 3 is 2.38 bits per heavy atom. The quantitative estimate of drug-likeness (QED) is 0.0186. The molecule has 15 nitrogen and oxygen atoms in total. The number of hydrogen-bond acceptors (Lipinski definition) is 16. The topological polar surface area (TPSA) is 198 Å². The lowest BCUT2D eigenvalue weighted by Crippen LogP contribution is -2.63. The summed E-state index contributed by atoms with van der Waals surface area (Å²) in [5, 5.41) is 46.7. The molecule has 48 heavy (non-hydrogen) atoms. The summed E-state index contributed by atoms with van der Waals surface area (Å²) in [5.74, 6) is -1.96. The fourth-order valence-corrected chi connectivity index (χ4v) is 11.1. The first kappa shape index (κ1) is 38.9. The summed E-state index contributed by atoms with van der Waals surface area (Å²) >= 11 is 2.61. The molecule has 5 fully saturated rings. The van der Waals surface area contributed by atoms with Crippen LogP contribution in [0.1, 0.15) is 72.1 Å². The van der Waals surface area contributed by atoms with Crippen LogP contribution in [-0.4, -0.2) is 80.0 Å². The minimum absolute atomic E-state index is 0.0386. The van der Waals surface area contributed by atoms with Gasteiger partial charge in [0.25, 0.3) is 0 Å². The van der Waals surface area contributed by atoms with Crippen LogP contribution in [0.25, 0.3) is 0 Å².